The molecule has 2 nitrogen and oxygen atoms in total. The molecule has 3 heteroatoms. The number of nitrogens with zero attached hydrogens (tertiary/aromatic N) is 1. The number of hydrogen-bond donors (Lipinski definition) is 1. The van der Waals surface area contributed by atoms with E-state index >= 15 is 0 Å². The number of nitriles is 1. The van der Waals surface area contributed by atoms with E-state index in [1.165, 1.54) is 23.3 Å². The number of rotatable bonds is 6. The fourth-order valence-electron chi connectivity index (χ4n) is 2.28. The van der Waals surface area contributed by atoms with Crippen molar-refractivity contribution in [1.29, 1.82) is 5.26 Å². The second-order valence-electron chi connectivity index (χ2n) is 5.81. The monoisotopic (exact) mass is 274 g/mol. The molecule has 0 heterocycles. The third-order valence-electron chi connectivity index (χ3n) is 3.40. The summed E-state index contributed by atoms with van der Waals surface area (Å²) < 4.78 is 0. The highest BCUT2D eigenvalue weighted by molar-refractivity contribution is 7.99. The topological polar surface area (TPSA) is 35.8 Å². The van der Waals surface area contributed by atoms with Crippen LogP contribution >= 0.6 is 11.8 Å². The fourth-order valence-corrected chi connectivity index (χ4v) is 3.46. The van der Waals surface area contributed by atoms with Gasteiger partial charge in [-0.15, -0.1) is 11.8 Å². The molecule has 0 aromatic heterocycles. The van der Waals surface area contributed by atoms with Crippen LogP contribution in [0.1, 0.15) is 38.7 Å². The van der Waals surface area contributed by atoms with E-state index in [4.69, 9.17) is 0 Å². The quantitative estimate of drug-likeness (QED) is 0.799. The van der Waals surface area contributed by atoms with Crippen molar-refractivity contribution in [3.8, 4) is 6.07 Å². The third-order valence-corrected chi connectivity index (χ3v) is 4.51. The number of hydrogen-bond acceptors (Lipinski definition) is 3. The molecule has 1 aliphatic rings. The summed E-state index contributed by atoms with van der Waals surface area (Å²) in [5.41, 5.74) is 0.896. The van der Waals surface area contributed by atoms with Crippen LogP contribution in [0.5, 0.6) is 0 Å². The van der Waals surface area contributed by atoms with E-state index in [1.54, 1.807) is 0 Å². The first-order chi connectivity index (χ1) is 9.00. The first-order valence-corrected chi connectivity index (χ1v) is 7.81. The van der Waals surface area contributed by atoms with Crippen LogP contribution in [0.15, 0.2) is 29.2 Å². The van der Waals surface area contributed by atoms with Gasteiger partial charge in [-0.1, -0.05) is 24.6 Å². The lowest BCUT2D eigenvalue weighted by Crippen LogP contribution is -2.44. The van der Waals surface area contributed by atoms with Gasteiger partial charge in [-0.05, 0) is 45.2 Å². The second-order valence-corrected chi connectivity index (χ2v) is 7.32. The average Bonchev–Trinajstić information content (AvgIpc) is 3.15. The molecule has 1 aromatic rings. The van der Waals surface area contributed by atoms with E-state index in [2.05, 4.69) is 49.5 Å². The summed E-state index contributed by atoms with van der Waals surface area (Å²) in [6.07, 6.45) is 3.31. The second kappa shape index (κ2) is 5.98. The zero-order valence-electron chi connectivity index (χ0n) is 11.9. The molecular formula is C16H22N2S. The highest BCUT2D eigenvalue weighted by atomic mass is 32.2. The Bertz CT molecular complexity index is 459. The summed E-state index contributed by atoms with van der Waals surface area (Å²) in [5, 5.41) is 13.3. The highest BCUT2D eigenvalue weighted by Crippen LogP contribution is 2.31. The molecule has 1 fully saturated rings. The Kier molecular flexibility index (Phi) is 4.54. The van der Waals surface area contributed by atoms with Crippen molar-refractivity contribution in [1.82, 2.24) is 5.32 Å². The van der Waals surface area contributed by atoms with Gasteiger partial charge in [0.15, 0.2) is 0 Å². The first-order valence-electron chi connectivity index (χ1n) is 6.93. The summed E-state index contributed by atoms with van der Waals surface area (Å²) in [6.45, 7) is 6.33. The number of benzene rings is 1. The van der Waals surface area contributed by atoms with Gasteiger partial charge < -0.3 is 0 Å². The van der Waals surface area contributed by atoms with Crippen molar-refractivity contribution in [3.05, 3.63) is 29.8 Å². The molecule has 2 atom stereocenters. The van der Waals surface area contributed by atoms with Gasteiger partial charge in [0.25, 0.3) is 0 Å². The molecule has 1 N–H and O–H groups in total. The van der Waals surface area contributed by atoms with Crippen molar-refractivity contribution < 1.29 is 0 Å². The summed E-state index contributed by atoms with van der Waals surface area (Å²) in [4.78, 5) is 1.28. The van der Waals surface area contributed by atoms with Gasteiger partial charge in [-0.2, -0.15) is 5.26 Å². The lowest BCUT2D eigenvalue weighted by molar-refractivity contribution is 0.415. The molecule has 0 aliphatic heterocycles. The normalized spacial score (nSPS) is 19.5. The van der Waals surface area contributed by atoms with Crippen LogP contribution in [-0.2, 0) is 0 Å². The van der Waals surface area contributed by atoms with E-state index in [0.29, 0.717) is 11.3 Å². The highest BCUT2D eigenvalue weighted by Gasteiger charge is 2.33. The molecule has 0 amide bonds. The molecule has 2 unspecified atom stereocenters. The van der Waals surface area contributed by atoms with Crippen molar-refractivity contribution in [3.63, 3.8) is 0 Å². The SMILES string of the molecule is Cc1ccc(SC(C)CC(C)(C#N)NC2CC2)cc1. The van der Waals surface area contributed by atoms with E-state index in [1.807, 2.05) is 18.7 Å². The van der Waals surface area contributed by atoms with Gasteiger partial charge in [0.2, 0.25) is 0 Å². The summed E-state index contributed by atoms with van der Waals surface area (Å²) in [7, 11) is 0. The van der Waals surface area contributed by atoms with Gasteiger partial charge in [-0.25, -0.2) is 0 Å². The zero-order chi connectivity index (χ0) is 13.9. The van der Waals surface area contributed by atoms with Crippen LogP contribution in [0.3, 0.4) is 0 Å². The van der Waals surface area contributed by atoms with Gasteiger partial charge in [-0.3, -0.25) is 5.32 Å². The van der Waals surface area contributed by atoms with Crippen LogP contribution in [-0.4, -0.2) is 16.8 Å². The van der Waals surface area contributed by atoms with Crippen LogP contribution in [0.2, 0.25) is 0 Å². The van der Waals surface area contributed by atoms with Gasteiger partial charge in [0.1, 0.15) is 5.54 Å². The van der Waals surface area contributed by atoms with Crippen molar-refractivity contribution in [2.45, 2.75) is 61.8 Å². The maximum atomic E-state index is 9.39. The van der Waals surface area contributed by atoms with Crippen LogP contribution in [0.25, 0.3) is 0 Å². The predicted octanol–water partition coefficient (Wildman–Crippen LogP) is 3.90. The number of nitrogens with one attached hydrogen (secondary N) is 1. The minimum Gasteiger partial charge on any atom is -0.297 e. The van der Waals surface area contributed by atoms with Crippen molar-refractivity contribution >= 4 is 11.8 Å². The fraction of sp³-hybridized carbons (Fsp3) is 0.562. The maximum absolute atomic E-state index is 9.39. The minimum atomic E-state index is -0.391. The predicted molar refractivity (Wildman–Crippen MR) is 81.3 cm³/mol. The van der Waals surface area contributed by atoms with Gasteiger partial charge in [0, 0.05) is 16.2 Å². The number of thioether (sulfide) groups is 1. The average molecular weight is 274 g/mol. The molecule has 1 aromatic carbocycles. The first kappa shape index (κ1) is 14.4. The molecular weight excluding hydrogens is 252 g/mol. The molecule has 2 rings (SSSR count). The van der Waals surface area contributed by atoms with E-state index in [-0.39, 0.29) is 0 Å². The van der Waals surface area contributed by atoms with Crippen molar-refractivity contribution in [2.75, 3.05) is 0 Å². The molecule has 0 radical (unpaired) electrons. The standard InChI is InChI=1S/C16H22N2S/c1-12-4-8-15(9-5-12)19-13(2)10-16(3,11-17)18-14-6-7-14/h4-5,8-9,13-14,18H,6-7,10H2,1-3H3. The molecule has 0 bridgehead atoms. The number of aryl methyl sites for hydroxylation is 1. The Morgan fingerprint density at radius 2 is 2.05 bits per heavy atom. The van der Waals surface area contributed by atoms with E-state index < -0.39 is 5.54 Å². The molecule has 19 heavy (non-hydrogen) atoms. The largest absolute Gasteiger partial charge is 0.297 e. The van der Waals surface area contributed by atoms with E-state index in [0.717, 1.165) is 6.42 Å². The zero-order valence-corrected chi connectivity index (χ0v) is 12.8. The van der Waals surface area contributed by atoms with Gasteiger partial charge in [0.05, 0.1) is 6.07 Å². The molecule has 1 saturated carbocycles. The Hall–Kier alpha value is -0.980. The lowest BCUT2D eigenvalue weighted by atomic mass is 9.98. The van der Waals surface area contributed by atoms with Gasteiger partial charge >= 0.3 is 0 Å². The lowest BCUT2D eigenvalue weighted by Gasteiger charge is -2.26. The van der Waals surface area contributed by atoms with Crippen LogP contribution in [0.4, 0.5) is 0 Å². The molecule has 0 saturated heterocycles. The summed E-state index contributed by atoms with van der Waals surface area (Å²) in [5.74, 6) is 0. The van der Waals surface area contributed by atoms with Crippen molar-refractivity contribution in [2.24, 2.45) is 0 Å². The summed E-state index contributed by atoms with van der Waals surface area (Å²) >= 11 is 1.85. The van der Waals surface area contributed by atoms with Crippen LogP contribution in [0, 0.1) is 18.3 Å². The third kappa shape index (κ3) is 4.56. The minimum absolute atomic E-state index is 0.391. The Labute approximate surface area is 120 Å². The summed E-state index contributed by atoms with van der Waals surface area (Å²) in [6, 6.07) is 11.6. The molecule has 102 valence electrons. The molecule has 0 spiro atoms. The Morgan fingerprint density at radius 1 is 1.42 bits per heavy atom. The van der Waals surface area contributed by atoms with Crippen LogP contribution < -0.4 is 5.32 Å². The van der Waals surface area contributed by atoms with E-state index in [9.17, 15) is 5.26 Å². The Balaban J connectivity index is 1.90. The molecule has 1 aliphatic carbocycles. The maximum Gasteiger partial charge on any atom is 0.105 e. The Morgan fingerprint density at radius 3 is 2.58 bits per heavy atom. The smallest absolute Gasteiger partial charge is 0.105 e.